The number of rotatable bonds is 5. The topological polar surface area (TPSA) is 9.23 Å². The molecule has 0 N–H and O–H groups in total. The van der Waals surface area contributed by atoms with Gasteiger partial charge in [-0.2, -0.15) is 0 Å². The molecule has 1 unspecified atom stereocenters. The molecule has 1 aliphatic rings. The maximum atomic E-state index is 5.78. The van der Waals surface area contributed by atoms with Crippen LogP contribution >= 0.6 is 0 Å². The molecule has 19 heavy (non-hydrogen) atoms. The molecule has 0 aromatic heterocycles. The van der Waals surface area contributed by atoms with E-state index >= 15 is 0 Å². The zero-order chi connectivity index (χ0) is 13.3. The normalized spacial score (nSPS) is 17.4. The van der Waals surface area contributed by atoms with E-state index in [4.69, 9.17) is 4.74 Å². The van der Waals surface area contributed by atoms with Crippen LogP contribution in [0.2, 0.25) is 0 Å². The van der Waals surface area contributed by atoms with Crippen molar-refractivity contribution in [2.45, 2.75) is 58.0 Å². The Morgan fingerprint density at radius 1 is 1.16 bits per heavy atom. The summed E-state index contributed by atoms with van der Waals surface area (Å²) in [5.74, 6) is 6.59. The van der Waals surface area contributed by atoms with Crippen molar-refractivity contribution in [3.63, 3.8) is 0 Å². The van der Waals surface area contributed by atoms with E-state index in [1.165, 1.54) is 43.2 Å². The van der Waals surface area contributed by atoms with Crippen molar-refractivity contribution < 1.29 is 4.74 Å². The second-order valence-corrected chi connectivity index (χ2v) is 5.18. The molecule has 0 amide bonds. The molecule has 102 valence electrons. The van der Waals surface area contributed by atoms with E-state index in [0.29, 0.717) is 0 Å². The standard InChI is InChI=1S/C18H24O/c1-2-3-4-5-6-7-8-13-18-17-12-10-9-11-16(17)14-15-19-18/h9-12,18H,2-7,14-15H2,1H3. The van der Waals surface area contributed by atoms with Crippen LogP contribution in [0, 0.1) is 11.8 Å². The molecule has 1 aromatic carbocycles. The molecule has 1 aromatic rings. The SMILES string of the molecule is CCCCCCCC#CC1OCCc2ccccc21. The molecule has 0 radical (unpaired) electrons. The average Bonchev–Trinajstić information content (AvgIpc) is 2.46. The van der Waals surface area contributed by atoms with Gasteiger partial charge in [0.1, 0.15) is 6.10 Å². The lowest BCUT2D eigenvalue weighted by molar-refractivity contribution is 0.0813. The monoisotopic (exact) mass is 256 g/mol. The summed E-state index contributed by atoms with van der Waals surface area (Å²) in [7, 11) is 0. The Kier molecular flexibility index (Phi) is 5.98. The van der Waals surface area contributed by atoms with Crippen LogP contribution in [-0.2, 0) is 11.2 Å². The first kappa shape index (κ1) is 14.2. The number of unbranched alkanes of at least 4 members (excludes halogenated alkanes) is 5. The van der Waals surface area contributed by atoms with Crippen LogP contribution in [-0.4, -0.2) is 6.61 Å². The van der Waals surface area contributed by atoms with Crippen LogP contribution in [0.3, 0.4) is 0 Å². The van der Waals surface area contributed by atoms with E-state index < -0.39 is 0 Å². The lowest BCUT2D eigenvalue weighted by atomic mass is 9.98. The van der Waals surface area contributed by atoms with Crippen LogP contribution in [0.1, 0.15) is 62.7 Å². The summed E-state index contributed by atoms with van der Waals surface area (Å²) in [6.45, 7) is 3.05. The summed E-state index contributed by atoms with van der Waals surface area (Å²) in [4.78, 5) is 0. The Morgan fingerprint density at radius 3 is 2.89 bits per heavy atom. The van der Waals surface area contributed by atoms with Crippen molar-refractivity contribution in [3.8, 4) is 11.8 Å². The van der Waals surface area contributed by atoms with Crippen molar-refractivity contribution >= 4 is 0 Å². The third-order valence-corrected chi connectivity index (χ3v) is 3.63. The Morgan fingerprint density at radius 2 is 2.00 bits per heavy atom. The summed E-state index contributed by atoms with van der Waals surface area (Å²) in [5.41, 5.74) is 2.67. The van der Waals surface area contributed by atoms with Gasteiger partial charge in [0.25, 0.3) is 0 Å². The van der Waals surface area contributed by atoms with Crippen molar-refractivity contribution in [1.82, 2.24) is 0 Å². The molecule has 0 aliphatic carbocycles. The first-order valence-corrected chi connectivity index (χ1v) is 7.59. The summed E-state index contributed by atoms with van der Waals surface area (Å²) in [5, 5.41) is 0. The fourth-order valence-corrected chi connectivity index (χ4v) is 2.50. The number of ether oxygens (including phenoxy) is 1. The third-order valence-electron chi connectivity index (χ3n) is 3.63. The van der Waals surface area contributed by atoms with Gasteiger partial charge in [-0.3, -0.25) is 0 Å². The molecule has 0 saturated carbocycles. The molecule has 1 heteroatoms. The van der Waals surface area contributed by atoms with Crippen LogP contribution in [0.5, 0.6) is 0 Å². The Hall–Kier alpha value is -1.26. The summed E-state index contributed by atoms with van der Waals surface area (Å²) in [6.07, 6.45) is 8.57. The van der Waals surface area contributed by atoms with Crippen molar-refractivity contribution in [1.29, 1.82) is 0 Å². The smallest absolute Gasteiger partial charge is 0.143 e. The second kappa shape index (κ2) is 8.02. The van der Waals surface area contributed by atoms with Gasteiger partial charge in [-0.1, -0.05) is 62.8 Å². The number of fused-ring (bicyclic) bond motifs is 1. The highest BCUT2D eigenvalue weighted by Gasteiger charge is 2.17. The predicted molar refractivity (Wildman–Crippen MR) is 80.0 cm³/mol. The van der Waals surface area contributed by atoms with Crippen LogP contribution in [0.4, 0.5) is 0 Å². The number of benzene rings is 1. The number of hydrogen-bond acceptors (Lipinski definition) is 1. The first-order chi connectivity index (χ1) is 9.42. The quantitative estimate of drug-likeness (QED) is 0.550. The molecule has 0 bridgehead atoms. The zero-order valence-corrected chi connectivity index (χ0v) is 12.0. The van der Waals surface area contributed by atoms with Gasteiger partial charge in [0, 0.05) is 6.42 Å². The fraction of sp³-hybridized carbons (Fsp3) is 0.556. The van der Waals surface area contributed by atoms with Gasteiger partial charge >= 0.3 is 0 Å². The minimum Gasteiger partial charge on any atom is -0.360 e. The van der Waals surface area contributed by atoms with Crippen LogP contribution in [0.25, 0.3) is 0 Å². The maximum Gasteiger partial charge on any atom is 0.143 e. The molecule has 1 aliphatic heterocycles. The molecule has 2 rings (SSSR count). The predicted octanol–water partition coefficient (Wildman–Crippen LogP) is 4.66. The lowest BCUT2D eigenvalue weighted by Crippen LogP contribution is -2.14. The summed E-state index contributed by atoms with van der Waals surface area (Å²) < 4.78 is 5.78. The Balaban J connectivity index is 1.81. The Labute approximate surface area is 117 Å². The summed E-state index contributed by atoms with van der Waals surface area (Å²) >= 11 is 0. The van der Waals surface area contributed by atoms with E-state index in [1.807, 2.05) is 0 Å². The van der Waals surface area contributed by atoms with Crippen LogP contribution < -0.4 is 0 Å². The van der Waals surface area contributed by atoms with Gasteiger partial charge in [-0.05, 0) is 24.0 Å². The molecular formula is C18H24O. The second-order valence-electron chi connectivity index (χ2n) is 5.18. The van der Waals surface area contributed by atoms with Crippen molar-refractivity contribution in [2.24, 2.45) is 0 Å². The maximum absolute atomic E-state index is 5.78. The molecular weight excluding hydrogens is 232 g/mol. The van der Waals surface area contributed by atoms with Gasteiger partial charge < -0.3 is 4.74 Å². The van der Waals surface area contributed by atoms with E-state index in [2.05, 4.69) is 43.0 Å². The van der Waals surface area contributed by atoms with Gasteiger partial charge in [-0.15, -0.1) is 5.92 Å². The minimum atomic E-state index is 0.000548. The van der Waals surface area contributed by atoms with Gasteiger partial charge in [0.05, 0.1) is 6.61 Å². The van der Waals surface area contributed by atoms with E-state index in [1.54, 1.807) is 0 Å². The van der Waals surface area contributed by atoms with E-state index in [9.17, 15) is 0 Å². The molecule has 1 nitrogen and oxygen atoms in total. The molecule has 0 saturated heterocycles. The lowest BCUT2D eigenvalue weighted by Gasteiger charge is -2.21. The van der Waals surface area contributed by atoms with E-state index in [0.717, 1.165) is 19.4 Å². The third kappa shape index (κ3) is 4.40. The Bertz CT molecular complexity index is 438. The summed E-state index contributed by atoms with van der Waals surface area (Å²) in [6, 6.07) is 8.52. The average molecular weight is 256 g/mol. The zero-order valence-electron chi connectivity index (χ0n) is 12.0. The van der Waals surface area contributed by atoms with Gasteiger partial charge in [0.15, 0.2) is 0 Å². The molecule has 0 fully saturated rings. The van der Waals surface area contributed by atoms with Gasteiger partial charge in [0.2, 0.25) is 0 Å². The molecule has 1 atom stereocenters. The van der Waals surface area contributed by atoms with Crippen molar-refractivity contribution in [2.75, 3.05) is 6.61 Å². The molecule has 1 heterocycles. The largest absolute Gasteiger partial charge is 0.360 e. The van der Waals surface area contributed by atoms with Gasteiger partial charge in [-0.25, -0.2) is 0 Å². The minimum absolute atomic E-state index is 0.000548. The molecule has 0 spiro atoms. The van der Waals surface area contributed by atoms with Crippen molar-refractivity contribution in [3.05, 3.63) is 35.4 Å². The highest BCUT2D eigenvalue weighted by atomic mass is 16.5. The van der Waals surface area contributed by atoms with Crippen LogP contribution in [0.15, 0.2) is 24.3 Å². The number of hydrogen-bond donors (Lipinski definition) is 0. The van der Waals surface area contributed by atoms with E-state index in [-0.39, 0.29) is 6.10 Å². The highest BCUT2D eigenvalue weighted by Crippen LogP contribution is 2.26. The highest BCUT2D eigenvalue weighted by molar-refractivity contribution is 5.35. The fourth-order valence-electron chi connectivity index (χ4n) is 2.50. The first-order valence-electron chi connectivity index (χ1n) is 7.59.